The van der Waals surface area contributed by atoms with Crippen LogP contribution in [-0.2, 0) is 24.3 Å². The molecule has 1 aliphatic carbocycles. The number of sulfonamides is 1. The number of ether oxygens (including phenoxy) is 2. The molecule has 0 saturated heterocycles. The number of anilines is 1. The van der Waals surface area contributed by atoms with Crippen molar-refractivity contribution in [1.82, 2.24) is 0 Å². The summed E-state index contributed by atoms with van der Waals surface area (Å²) >= 11 is 0. The molecular weight excluding hydrogens is 466 g/mol. The lowest BCUT2D eigenvalue weighted by Gasteiger charge is -2.36. The molecule has 0 radical (unpaired) electrons. The van der Waals surface area contributed by atoms with Gasteiger partial charge in [-0.15, -0.1) is 0 Å². The maximum absolute atomic E-state index is 12.8. The molecule has 0 amide bonds. The molecule has 2 aromatic rings. The van der Waals surface area contributed by atoms with E-state index in [9.17, 15) is 18.0 Å². The molecule has 1 saturated carbocycles. The summed E-state index contributed by atoms with van der Waals surface area (Å²) < 4.78 is 38.9. The van der Waals surface area contributed by atoms with Crippen LogP contribution >= 0.6 is 0 Å². The van der Waals surface area contributed by atoms with Crippen molar-refractivity contribution >= 4 is 27.6 Å². The maximum Gasteiger partial charge on any atom is 0.344 e. The van der Waals surface area contributed by atoms with Gasteiger partial charge in [0.05, 0.1) is 10.5 Å². The highest BCUT2D eigenvalue weighted by molar-refractivity contribution is 7.92. The number of esters is 2. The van der Waals surface area contributed by atoms with Crippen LogP contribution in [0, 0.1) is 31.6 Å². The van der Waals surface area contributed by atoms with Crippen LogP contribution in [0.5, 0.6) is 0 Å². The van der Waals surface area contributed by atoms with Crippen LogP contribution in [0.15, 0.2) is 47.4 Å². The Labute approximate surface area is 208 Å². The highest BCUT2D eigenvalue weighted by Gasteiger charge is 2.33. The summed E-state index contributed by atoms with van der Waals surface area (Å²) in [5.41, 5.74) is 2.00. The summed E-state index contributed by atoms with van der Waals surface area (Å²) in [7, 11) is -3.78. The van der Waals surface area contributed by atoms with E-state index in [-0.39, 0.29) is 16.6 Å². The fourth-order valence-corrected chi connectivity index (χ4v) is 5.93. The van der Waals surface area contributed by atoms with Crippen molar-refractivity contribution in [3.05, 3.63) is 59.2 Å². The summed E-state index contributed by atoms with van der Waals surface area (Å²) in [5, 5.41) is 0. The zero-order valence-corrected chi connectivity index (χ0v) is 21.9. The van der Waals surface area contributed by atoms with Crippen LogP contribution in [0.2, 0.25) is 0 Å². The fourth-order valence-electron chi connectivity index (χ4n) is 4.54. The third-order valence-corrected chi connectivity index (χ3v) is 8.09. The summed E-state index contributed by atoms with van der Waals surface area (Å²) in [5.74, 6) is -0.0141. The van der Waals surface area contributed by atoms with Crippen LogP contribution < -0.4 is 4.72 Å². The van der Waals surface area contributed by atoms with Gasteiger partial charge >= 0.3 is 11.9 Å². The topological polar surface area (TPSA) is 98.8 Å². The van der Waals surface area contributed by atoms with Crippen molar-refractivity contribution in [3.8, 4) is 0 Å². The van der Waals surface area contributed by atoms with Crippen LogP contribution in [-0.4, -0.2) is 33.1 Å². The molecule has 0 bridgehead atoms. The smallest absolute Gasteiger partial charge is 0.344 e. The molecule has 1 aliphatic rings. The highest BCUT2D eigenvalue weighted by Crippen LogP contribution is 2.35. The Morgan fingerprint density at radius 3 is 2.40 bits per heavy atom. The number of carbonyl (C=O) groups is 2. The second-order valence-electron chi connectivity index (χ2n) is 9.88. The maximum atomic E-state index is 12.8. The molecule has 0 heterocycles. The first kappa shape index (κ1) is 26.7. The molecule has 0 unspecified atom stereocenters. The van der Waals surface area contributed by atoms with Gasteiger partial charge in [-0.05, 0) is 85.9 Å². The van der Waals surface area contributed by atoms with E-state index in [1.165, 1.54) is 24.3 Å². The lowest BCUT2D eigenvalue weighted by molar-refractivity contribution is -0.159. The average Bonchev–Trinajstić information content (AvgIpc) is 2.79. The summed E-state index contributed by atoms with van der Waals surface area (Å²) in [6.45, 7) is 9.52. The number of rotatable bonds is 8. The molecule has 7 nitrogen and oxygen atoms in total. The number of hydrogen-bond donors (Lipinski definition) is 1. The highest BCUT2D eigenvalue weighted by atomic mass is 32.2. The van der Waals surface area contributed by atoms with Crippen LogP contribution in [0.4, 0.5) is 5.69 Å². The Hall–Kier alpha value is -2.87. The zero-order valence-electron chi connectivity index (χ0n) is 21.0. The first-order chi connectivity index (χ1) is 16.5. The molecule has 0 aliphatic heterocycles. The molecule has 1 fully saturated rings. The van der Waals surface area contributed by atoms with Crippen LogP contribution in [0.1, 0.15) is 61.5 Å². The molecule has 3 atom stereocenters. The largest absolute Gasteiger partial charge is 0.460 e. The summed E-state index contributed by atoms with van der Waals surface area (Å²) in [6.07, 6.45) is 2.81. The van der Waals surface area contributed by atoms with Gasteiger partial charge in [0.1, 0.15) is 6.10 Å². The Balaban J connectivity index is 1.56. The first-order valence-electron chi connectivity index (χ1n) is 12.0. The van der Waals surface area contributed by atoms with Gasteiger partial charge in [0, 0.05) is 5.69 Å². The van der Waals surface area contributed by atoms with Gasteiger partial charge in [0.2, 0.25) is 0 Å². The minimum Gasteiger partial charge on any atom is -0.460 e. The summed E-state index contributed by atoms with van der Waals surface area (Å²) in [6, 6.07) is 11.1. The third-order valence-electron chi connectivity index (χ3n) is 6.57. The molecule has 35 heavy (non-hydrogen) atoms. The number of carbonyl (C=O) groups excluding carboxylic acids is 2. The van der Waals surface area contributed by atoms with Gasteiger partial charge in [-0.3, -0.25) is 4.72 Å². The van der Waals surface area contributed by atoms with E-state index < -0.39 is 28.6 Å². The predicted molar refractivity (Wildman–Crippen MR) is 135 cm³/mol. The van der Waals surface area contributed by atoms with Crippen molar-refractivity contribution in [2.75, 3.05) is 11.3 Å². The monoisotopic (exact) mass is 501 g/mol. The third kappa shape index (κ3) is 7.07. The zero-order chi connectivity index (χ0) is 25.8. The Morgan fingerprint density at radius 1 is 1.06 bits per heavy atom. The van der Waals surface area contributed by atoms with E-state index in [0.717, 1.165) is 24.8 Å². The SMILES string of the molecule is Cc1ccc(C)c(S(=O)(=O)Nc2ccc(C(=O)OCC(=O)O[C@@H]3C[C@H](C)CC[C@H]3C(C)C)cc2)c1. The molecule has 3 rings (SSSR count). The molecule has 2 aromatic carbocycles. The van der Waals surface area contributed by atoms with Crippen molar-refractivity contribution in [2.45, 2.75) is 64.9 Å². The van der Waals surface area contributed by atoms with Crippen molar-refractivity contribution in [1.29, 1.82) is 0 Å². The van der Waals surface area contributed by atoms with E-state index in [2.05, 4.69) is 25.5 Å². The number of hydrogen-bond acceptors (Lipinski definition) is 6. The molecule has 0 spiro atoms. The average molecular weight is 502 g/mol. The van der Waals surface area contributed by atoms with Gasteiger partial charge < -0.3 is 9.47 Å². The second-order valence-corrected chi connectivity index (χ2v) is 11.5. The lowest BCUT2D eigenvalue weighted by atomic mass is 9.75. The summed E-state index contributed by atoms with van der Waals surface area (Å²) in [4.78, 5) is 24.9. The quantitative estimate of drug-likeness (QED) is 0.495. The van der Waals surface area contributed by atoms with E-state index in [4.69, 9.17) is 9.47 Å². The standard InChI is InChI=1S/C27H35NO6S/c1-17(2)23-13-7-18(3)14-24(23)34-26(29)16-33-27(30)21-9-11-22(12-10-21)28-35(31,32)25-15-19(4)6-8-20(25)5/h6,8-12,15,17-18,23-24,28H,7,13-14,16H2,1-5H3/t18-,23+,24-/m1/s1. The molecule has 190 valence electrons. The fraction of sp³-hybridized carbons (Fsp3) is 0.481. The van der Waals surface area contributed by atoms with Crippen LogP contribution in [0.3, 0.4) is 0 Å². The van der Waals surface area contributed by atoms with Gasteiger partial charge in [-0.2, -0.15) is 0 Å². The molecule has 0 aromatic heterocycles. The minimum absolute atomic E-state index is 0.158. The minimum atomic E-state index is -3.78. The Morgan fingerprint density at radius 2 is 1.74 bits per heavy atom. The number of benzene rings is 2. The first-order valence-corrected chi connectivity index (χ1v) is 13.5. The normalized spacial score (nSPS) is 20.3. The molecule has 8 heteroatoms. The van der Waals surface area contributed by atoms with E-state index in [0.29, 0.717) is 29.0 Å². The molecular formula is C27H35NO6S. The number of nitrogens with one attached hydrogen (secondary N) is 1. The van der Waals surface area contributed by atoms with E-state index >= 15 is 0 Å². The van der Waals surface area contributed by atoms with Crippen LogP contribution in [0.25, 0.3) is 0 Å². The van der Waals surface area contributed by atoms with E-state index in [1.54, 1.807) is 19.1 Å². The second kappa shape index (κ2) is 11.2. The number of aryl methyl sites for hydroxylation is 2. The van der Waals surface area contributed by atoms with Crippen molar-refractivity contribution in [2.24, 2.45) is 17.8 Å². The lowest BCUT2D eigenvalue weighted by Crippen LogP contribution is -2.36. The van der Waals surface area contributed by atoms with Gasteiger partial charge in [-0.25, -0.2) is 18.0 Å². The predicted octanol–water partition coefficient (Wildman–Crippen LogP) is 5.27. The van der Waals surface area contributed by atoms with Crippen molar-refractivity contribution < 1.29 is 27.5 Å². The van der Waals surface area contributed by atoms with E-state index in [1.807, 2.05) is 13.0 Å². The Bertz CT molecular complexity index is 1160. The Kier molecular flexibility index (Phi) is 8.59. The van der Waals surface area contributed by atoms with Gasteiger partial charge in [-0.1, -0.05) is 39.3 Å². The van der Waals surface area contributed by atoms with Gasteiger partial charge in [0.25, 0.3) is 10.0 Å². The molecule has 1 N–H and O–H groups in total. The van der Waals surface area contributed by atoms with Gasteiger partial charge in [0.15, 0.2) is 6.61 Å². The van der Waals surface area contributed by atoms with Crippen molar-refractivity contribution in [3.63, 3.8) is 0 Å².